The summed E-state index contributed by atoms with van der Waals surface area (Å²) in [7, 11) is 0. The number of benzene rings is 1. The Morgan fingerprint density at radius 3 is 2.34 bits per heavy atom. The number of carboxylic acid groups (broad SMARTS) is 1. The number of rotatable bonds is 25. The van der Waals surface area contributed by atoms with Gasteiger partial charge in [-0.25, -0.2) is 9.37 Å². The van der Waals surface area contributed by atoms with E-state index in [0.717, 1.165) is 56.4 Å². The van der Waals surface area contributed by atoms with Crippen LogP contribution in [-0.2, 0) is 30.3 Å². The van der Waals surface area contributed by atoms with Crippen LogP contribution < -0.4 is 21.3 Å². The molecule has 0 saturated carbocycles. The van der Waals surface area contributed by atoms with Gasteiger partial charge in [0.15, 0.2) is 6.10 Å². The number of esters is 1. The molecule has 0 aliphatic carbocycles. The molecule has 2 aromatic rings. The van der Waals surface area contributed by atoms with E-state index in [-0.39, 0.29) is 60.7 Å². The van der Waals surface area contributed by atoms with Gasteiger partial charge < -0.3 is 36.0 Å². The third kappa shape index (κ3) is 15.9. The Balaban J connectivity index is 1.94. The van der Waals surface area contributed by atoms with Crippen molar-refractivity contribution in [2.24, 2.45) is 17.3 Å². The summed E-state index contributed by atoms with van der Waals surface area (Å²) >= 11 is 1.16. The Morgan fingerprint density at radius 2 is 1.77 bits per heavy atom. The lowest BCUT2D eigenvalue weighted by atomic mass is 9.84. The van der Waals surface area contributed by atoms with E-state index in [1.165, 1.54) is 13.0 Å². The zero-order valence-corrected chi connectivity index (χ0v) is 39.0. The molecule has 1 aliphatic heterocycles. The zero-order valence-electron chi connectivity index (χ0n) is 38.2. The minimum absolute atomic E-state index is 0.0188. The van der Waals surface area contributed by atoms with Gasteiger partial charge in [-0.3, -0.25) is 24.0 Å². The second-order valence-corrected chi connectivity index (χ2v) is 19.0. The van der Waals surface area contributed by atoms with Crippen molar-refractivity contribution in [3.05, 3.63) is 45.7 Å². The summed E-state index contributed by atoms with van der Waals surface area (Å²) in [5, 5.41) is 24.3. The molecule has 1 saturated heterocycles. The molecular weight excluding hydrogens is 800 g/mol. The van der Waals surface area contributed by atoms with Crippen LogP contribution in [0, 0.1) is 23.1 Å². The van der Waals surface area contributed by atoms with E-state index in [0.29, 0.717) is 35.6 Å². The molecule has 0 bridgehead atoms. The van der Waals surface area contributed by atoms with E-state index in [1.807, 2.05) is 46.4 Å². The Hall–Kier alpha value is -4.11. The fraction of sp³-hybridized carbons (Fsp3) is 0.696. The van der Waals surface area contributed by atoms with Gasteiger partial charge in [-0.15, -0.1) is 11.3 Å². The number of hydrogen-bond donors (Lipinski definition) is 5. The largest absolute Gasteiger partial charge is 0.481 e. The number of amides is 3. The summed E-state index contributed by atoms with van der Waals surface area (Å²) in [6.45, 7) is 19.6. The molecule has 1 aromatic heterocycles. The zero-order chi connectivity index (χ0) is 45.4. The molecule has 3 rings (SSSR count). The van der Waals surface area contributed by atoms with Crippen molar-refractivity contribution in [1.29, 1.82) is 0 Å². The van der Waals surface area contributed by atoms with Gasteiger partial charge in [0, 0.05) is 43.4 Å². The number of nitrogens with one attached hydrogen (secondary N) is 4. The smallest absolute Gasteiger partial charge is 0.309 e. The van der Waals surface area contributed by atoms with Crippen molar-refractivity contribution in [2.45, 2.75) is 176 Å². The summed E-state index contributed by atoms with van der Waals surface area (Å²) < 4.78 is 20.9. The summed E-state index contributed by atoms with van der Waals surface area (Å²) in [5.74, 6) is -3.15. The number of thiazole rings is 1. The van der Waals surface area contributed by atoms with Gasteiger partial charge in [0.1, 0.15) is 22.6 Å². The number of ether oxygens (including phenoxy) is 1. The summed E-state index contributed by atoms with van der Waals surface area (Å²) in [6, 6.07) is 2.58. The molecule has 1 aliphatic rings. The second-order valence-electron chi connectivity index (χ2n) is 18.1. The van der Waals surface area contributed by atoms with Crippen LogP contribution in [0.4, 0.5) is 10.1 Å². The Morgan fingerprint density at radius 1 is 1.05 bits per heavy atom. The van der Waals surface area contributed by atoms with Crippen LogP contribution in [0.1, 0.15) is 161 Å². The number of aromatic nitrogens is 1. The SMILES string of the molecule is CCCCCCN(C(=O)[C@@H](NC(=O)[C@H]1CCCCN1)[C@@H](C)CC)[C@H](C[C@@H](OC(C)=O)c1nc(C(=O)N[C@@H](Cc2ccc(NC(C)C)c(F)c2)CC(C)(C)C(=O)O)cs1)C(C)C. The molecule has 6 atom stereocenters. The van der Waals surface area contributed by atoms with Crippen molar-refractivity contribution in [1.82, 2.24) is 25.8 Å². The minimum Gasteiger partial charge on any atom is -0.481 e. The minimum atomic E-state index is -1.21. The number of carboxylic acids is 1. The Bertz CT molecular complexity index is 1750. The Labute approximate surface area is 367 Å². The summed E-state index contributed by atoms with van der Waals surface area (Å²) in [6.07, 6.45) is 6.61. The average molecular weight is 873 g/mol. The molecule has 15 heteroatoms. The van der Waals surface area contributed by atoms with Crippen LogP contribution >= 0.6 is 11.3 Å². The summed E-state index contributed by atoms with van der Waals surface area (Å²) in [5.41, 5.74) is -0.220. The molecule has 1 fully saturated rings. The van der Waals surface area contributed by atoms with E-state index in [2.05, 4.69) is 33.2 Å². The number of hydrogen-bond acceptors (Lipinski definition) is 10. The first-order valence-corrected chi connectivity index (χ1v) is 23.2. The maximum Gasteiger partial charge on any atom is 0.309 e. The molecule has 5 N–H and O–H groups in total. The van der Waals surface area contributed by atoms with Gasteiger partial charge in [-0.1, -0.05) is 72.8 Å². The van der Waals surface area contributed by atoms with Crippen molar-refractivity contribution >= 4 is 46.7 Å². The first-order chi connectivity index (χ1) is 28.8. The number of aliphatic carboxylic acids is 1. The topological polar surface area (TPSA) is 179 Å². The van der Waals surface area contributed by atoms with E-state index in [4.69, 9.17) is 4.74 Å². The third-order valence-electron chi connectivity index (χ3n) is 11.5. The molecule has 13 nitrogen and oxygen atoms in total. The number of halogens is 1. The quantitative estimate of drug-likeness (QED) is 0.0484. The van der Waals surface area contributed by atoms with Crippen LogP contribution in [0.3, 0.4) is 0 Å². The monoisotopic (exact) mass is 873 g/mol. The van der Waals surface area contributed by atoms with Gasteiger partial charge in [-0.05, 0) is 95.9 Å². The van der Waals surface area contributed by atoms with E-state index in [9.17, 15) is 29.1 Å². The van der Waals surface area contributed by atoms with Crippen molar-refractivity contribution in [2.75, 3.05) is 18.4 Å². The first kappa shape index (κ1) is 51.2. The number of anilines is 1. The normalized spacial score (nSPS) is 16.9. The van der Waals surface area contributed by atoms with Crippen LogP contribution in [0.15, 0.2) is 23.6 Å². The highest BCUT2D eigenvalue weighted by atomic mass is 32.1. The number of carbonyl (C=O) groups excluding carboxylic acids is 4. The average Bonchev–Trinajstić information content (AvgIpc) is 3.70. The second kappa shape index (κ2) is 24.5. The molecule has 0 radical (unpaired) electrons. The fourth-order valence-electron chi connectivity index (χ4n) is 7.79. The van der Waals surface area contributed by atoms with Gasteiger partial charge in [-0.2, -0.15) is 0 Å². The van der Waals surface area contributed by atoms with Gasteiger partial charge in [0.05, 0.1) is 17.1 Å². The van der Waals surface area contributed by atoms with Gasteiger partial charge in [0.2, 0.25) is 11.8 Å². The number of nitrogens with zero attached hydrogens (tertiary/aromatic N) is 2. The van der Waals surface area contributed by atoms with Crippen LogP contribution in [0.5, 0.6) is 0 Å². The van der Waals surface area contributed by atoms with Crippen molar-refractivity contribution in [3.63, 3.8) is 0 Å². The maximum atomic E-state index is 15.0. The van der Waals surface area contributed by atoms with E-state index >= 15 is 4.39 Å². The Kier molecular flexibility index (Phi) is 20.6. The summed E-state index contributed by atoms with van der Waals surface area (Å²) in [4.78, 5) is 73.5. The molecule has 61 heavy (non-hydrogen) atoms. The standard InChI is InChI=1S/C46H73FN6O7S/c1-11-13-14-17-22-53(44(57)40(30(7)12-2)52-41(55)36-18-15-16-21-48-36)38(28(3)4)25-39(60-31(8)54)43-51-37(27-61-43)42(56)50-33(26-46(9,10)45(58)59)23-32-19-20-35(34(47)24-32)49-29(5)6/h19-20,24,27-30,33,36,38-40,48-49H,11-18,21-23,25-26H2,1-10H3,(H,50,56)(H,52,55)(H,58,59)/t30-,33-,36+,38+,39+,40-/m0/s1. The van der Waals surface area contributed by atoms with E-state index in [1.54, 1.807) is 31.4 Å². The molecule has 342 valence electrons. The predicted molar refractivity (Wildman–Crippen MR) is 239 cm³/mol. The molecule has 1 aromatic carbocycles. The lowest BCUT2D eigenvalue weighted by Gasteiger charge is -2.40. The first-order valence-electron chi connectivity index (χ1n) is 22.3. The number of carbonyl (C=O) groups is 5. The fourth-order valence-corrected chi connectivity index (χ4v) is 8.63. The van der Waals surface area contributed by atoms with Crippen LogP contribution in [0.25, 0.3) is 0 Å². The molecule has 3 amide bonds. The molecule has 0 unspecified atom stereocenters. The molecule has 2 heterocycles. The maximum absolute atomic E-state index is 15.0. The highest BCUT2D eigenvalue weighted by Crippen LogP contribution is 2.32. The van der Waals surface area contributed by atoms with Crippen molar-refractivity contribution < 1.29 is 38.2 Å². The van der Waals surface area contributed by atoms with Gasteiger partial charge >= 0.3 is 11.9 Å². The number of piperidine rings is 1. The predicted octanol–water partition coefficient (Wildman–Crippen LogP) is 8.05. The van der Waals surface area contributed by atoms with Gasteiger partial charge in [0.25, 0.3) is 5.91 Å². The lowest BCUT2D eigenvalue weighted by Crippen LogP contribution is -2.58. The van der Waals surface area contributed by atoms with Crippen LogP contribution in [0.2, 0.25) is 0 Å². The lowest BCUT2D eigenvalue weighted by molar-refractivity contribution is -0.150. The van der Waals surface area contributed by atoms with Crippen molar-refractivity contribution in [3.8, 4) is 0 Å². The molecular formula is C46H73FN6O7S. The highest BCUT2D eigenvalue weighted by Gasteiger charge is 2.38. The highest BCUT2D eigenvalue weighted by molar-refractivity contribution is 7.09. The number of unbranched alkanes of at least 4 members (excludes halogenated alkanes) is 3. The van der Waals surface area contributed by atoms with E-state index < -0.39 is 53.3 Å². The van der Waals surface area contributed by atoms with Crippen LogP contribution in [-0.4, -0.2) is 87.9 Å². The molecule has 0 spiro atoms. The third-order valence-corrected chi connectivity index (χ3v) is 12.5.